The fraction of sp³-hybridized carbons (Fsp3) is 0.267. The van der Waals surface area contributed by atoms with Crippen molar-refractivity contribution in [3.63, 3.8) is 0 Å². The van der Waals surface area contributed by atoms with Crippen molar-refractivity contribution in [3.8, 4) is 5.75 Å². The van der Waals surface area contributed by atoms with Crippen LogP contribution in [-0.4, -0.2) is 19.4 Å². The van der Waals surface area contributed by atoms with Crippen molar-refractivity contribution in [2.24, 2.45) is 10.8 Å². The first kappa shape index (κ1) is 14.4. The topological polar surface area (TPSA) is 50.8 Å². The lowest BCUT2D eigenvalue weighted by molar-refractivity contribution is 0.415. The molecule has 0 saturated carbocycles. The molecule has 21 heavy (non-hydrogen) atoms. The Kier molecular flexibility index (Phi) is 4.14. The predicted molar refractivity (Wildman–Crippen MR) is 88.6 cm³/mol. The Morgan fingerprint density at radius 2 is 2.33 bits per heavy atom. The highest BCUT2D eigenvalue weighted by Crippen LogP contribution is 2.39. The SMILES string of the molecule is COc1ccc(N2N=C(CN)CC2c2cccs2)cc1Cl. The minimum absolute atomic E-state index is 0.188. The fourth-order valence-corrected chi connectivity index (χ4v) is 3.50. The number of nitrogens with two attached hydrogens (primary N) is 1. The highest BCUT2D eigenvalue weighted by molar-refractivity contribution is 7.10. The summed E-state index contributed by atoms with van der Waals surface area (Å²) in [6, 6.07) is 10.1. The molecule has 6 heteroatoms. The summed E-state index contributed by atoms with van der Waals surface area (Å²) < 4.78 is 5.20. The van der Waals surface area contributed by atoms with Gasteiger partial charge >= 0.3 is 0 Å². The first-order chi connectivity index (χ1) is 10.2. The van der Waals surface area contributed by atoms with E-state index < -0.39 is 0 Å². The predicted octanol–water partition coefficient (Wildman–Crippen LogP) is 3.68. The number of anilines is 1. The molecular formula is C15H16ClN3OS. The van der Waals surface area contributed by atoms with Crippen LogP contribution >= 0.6 is 22.9 Å². The highest BCUT2D eigenvalue weighted by Gasteiger charge is 2.29. The first-order valence-electron chi connectivity index (χ1n) is 6.65. The standard InChI is InChI=1S/C15H16ClN3OS/c1-20-14-5-4-11(8-12(14)16)19-13(7-10(9-17)18-19)15-3-2-6-21-15/h2-6,8,13H,7,9,17H2,1H3. The lowest BCUT2D eigenvalue weighted by Gasteiger charge is -2.23. The molecule has 0 bridgehead atoms. The number of rotatable bonds is 4. The molecule has 0 fully saturated rings. The van der Waals surface area contributed by atoms with Gasteiger partial charge < -0.3 is 10.5 Å². The Morgan fingerprint density at radius 1 is 1.48 bits per heavy atom. The van der Waals surface area contributed by atoms with Crippen LogP contribution in [0.25, 0.3) is 0 Å². The number of hydrogen-bond acceptors (Lipinski definition) is 5. The Bertz CT molecular complexity index is 657. The number of halogens is 1. The average molecular weight is 322 g/mol. The molecule has 0 radical (unpaired) electrons. The van der Waals surface area contributed by atoms with Gasteiger partial charge in [0, 0.05) is 17.8 Å². The third-order valence-corrected chi connectivity index (χ3v) is 4.75. The minimum atomic E-state index is 0.188. The first-order valence-corrected chi connectivity index (χ1v) is 7.91. The molecule has 1 aromatic heterocycles. The van der Waals surface area contributed by atoms with Crippen LogP contribution in [-0.2, 0) is 0 Å². The Balaban J connectivity index is 1.97. The number of benzene rings is 1. The number of nitrogens with zero attached hydrogens (tertiary/aromatic N) is 2. The zero-order chi connectivity index (χ0) is 14.8. The van der Waals surface area contributed by atoms with Gasteiger partial charge in [0.2, 0.25) is 0 Å². The maximum Gasteiger partial charge on any atom is 0.137 e. The van der Waals surface area contributed by atoms with Crippen LogP contribution in [0.5, 0.6) is 5.75 Å². The van der Waals surface area contributed by atoms with E-state index in [1.54, 1.807) is 18.4 Å². The van der Waals surface area contributed by atoms with Crippen LogP contribution in [0.1, 0.15) is 17.3 Å². The molecule has 1 aliphatic rings. The Labute approximate surface area is 132 Å². The quantitative estimate of drug-likeness (QED) is 0.934. The summed E-state index contributed by atoms with van der Waals surface area (Å²) >= 11 is 7.96. The fourth-order valence-electron chi connectivity index (χ4n) is 2.43. The van der Waals surface area contributed by atoms with E-state index in [-0.39, 0.29) is 6.04 Å². The molecule has 2 aromatic rings. The molecular weight excluding hydrogens is 306 g/mol. The minimum Gasteiger partial charge on any atom is -0.495 e. The van der Waals surface area contributed by atoms with Crippen molar-refractivity contribution in [1.29, 1.82) is 0 Å². The Hall–Kier alpha value is -1.56. The normalized spacial score (nSPS) is 18.0. The van der Waals surface area contributed by atoms with Crippen molar-refractivity contribution >= 4 is 34.3 Å². The van der Waals surface area contributed by atoms with Gasteiger partial charge in [-0.15, -0.1) is 11.3 Å². The van der Waals surface area contributed by atoms with Crippen LogP contribution in [0.2, 0.25) is 5.02 Å². The smallest absolute Gasteiger partial charge is 0.137 e. The molecule has 0 aliphatic carbocycles. The van der Waals surface area contributed by atoms with Gasteiger partial charge in [-0.2, -0.15) is 5.10 Å². The van der Waals surface area contributed by atoms with E-state index in [1.165, 1.54) is 4.88 Å². The van der Waals surface area contributed by atoms with Crippen LogP contribution in [0.4, 0.5) is 5.69 Å². The van der Waals surface area contributed by atoms with Gasteiger partial charge in [0.15, 0.2) is 0 Å². The number of hydrogen-bond donors (Lipinski definition) is 1. The van der Waals surface area contributed by atoms with E-state index in [0.717, 1.165) is 17.8 Å². The zero-order valence-electron chi connectivity index (χ0n) is 11.6. The van der Waals surface area contributed by atoms with Crippen molar-refractivity contribution in [2.45, 2.75) is 12.5 Å². The van der Waals surface area contributed by atoms with Gasteiger partial charge in [-0.25, -0.2) is 0 Å². The van der Waals surface area contributed by atoms with E-state index in [2.05, 4.69) is 22.6 Å². The third kappa shape index (κ3) is 2.77. The Morgan fingerprint density at radius 3 is 2.95 bits per heavy atom. The summed E-state index contributed by atoms with van der Waals surface area (Å²) in [6.07, 6.45) is 0.848. The van der Waals surface area contributed by atoms with E-state index in [4.69, 9.17) is 22.1 Å². The summed E-state index contributed by atoms with van der Waals surface area (Å²) in [5, 5.41) is 9.30. The van der Waals surface area contributed by atoms with E-state index in [1.807, 2.05) is 23.2 Å². The lowest BCUT2D eigenvalue weighted by Crippen LogP contribution is -2.17. The molecule has 0 amide bonds. The van der Waals surface area contributed by atoms with Gasteiger partial charge in [0.1, 0.15) is 5.75 Å². The molecule has 1 atom stereocenters. The van der Waals surface area contributed by atoms with Gasteiger partial charge in [-0.3, -0.25) is 5.01 Å². The van der Waals surface area contributed by atoms with Crippen LogP contribution in [0.3, 0.4) is 0 Å². The monoisotopic (exact) mass is 321 g/mol. The highest BCUT2D eigenvalue weighted by atomic mass is 35.5. The van der Waals surface area contributed by atoms with E-state index in [9.17, 15) is 0 Å². The second-order valence-corrected chi connectivity index (χ2v) is 6.16. The van der Waals surface area contributed by atoms with Crippen molar-refractivity contribution in [2.75, 3.05) is 18.7 Å². The van der Waals surface area contributed by atoms with Gasteiger partial charge in [0.25, 0.3) is 0 Å². The molecule has 1 unspecified atom stereocenters. The molecule has 2 N–H and O–H groups in total. The second kappa shape index (κ2) is 6.05. The largest absolute Gasteiger partial charge is 0.495 e. The van der Waals surface area contributed by atoms with Gasteiger partial charge in [-0.05, 0) is 29.6 Å². The summed E-state index contributed by atoms with van der Waals surface area (Å²) in [7, 11) is 1.61. The molecule has 110 valence electrons. The maximum absolute atomic E-state index is 6.23. The zero-order valence-corrected chi connectivity index (χ0v) is 13.2. The van der Waals surface area contributed by atoms with Crippen molar-refractivity contribution in [1.82, 2.24) is 0 Å². The molecule has 1 aromatic carbocycles. The third-order valence-electron chi connectivity index (χ3n) is 3.48. The molecule has 1 aliphatic heterocycles. The van der Waals surface area contributed by atoms with Gasteiger partial charge in [-0.1, -0.05) is 17.7 Å². The van der Waals surface area contributed by atoms with E-state index in [0.29, 0.717) is 17.3 Å². The van der Waals surface area contributed by atoms with Crippen LogP contribution in [0, 0.1) is 0 Å². The van der Waals surface area contributed by atoms with Gasteiger partial charge in [0.05, 0.1) is 29.6 Å². The second-order valence-electron chi connectivity index (χ2n) is 4.77. The molecule has 0 saturated heterocycles. The lowest BCUT2D eigenvalue weighted by atomic mass is 10.1. The summed E-state index contributed by atoms with van der Waals surface area (Å²) in [6.45, 7) is 0.474. The molecule has 2 heterocycles. The summed E-state index contributed by atoms with van der Waals surface area (Å²) in [4.78, 5) is 1.27. The number of hydrazone groups is 1. The van der Waals surface area contributed by atoms with Crippen LogP contribution < -0.4 is 15.5 Å². The maximum atomic E-state index is 6.23. The van der Waals surface area contributed by atoms with E-state index >= 15 is 0 Å². The summed E-state index contributed by atoms with van der Waals surface area (Å²) in [5.41, 5.74) is 7.71. The van der Waals surface area contributed by atoms with Crippen LogP contribution in [0.15, 0.2) is 40.8 Å². The number of ether oxygens (including phenoxy) is 1. The molecule has 4 nitrogen and oxygen atoms in total. The number of thiophene rings is 1. The summed E-state index contributed by atoms with van der Waals surface area (Å²) in [5.74, 6) is 0.662. The average Bonchev–Trinajstić information content (AvgIpc) is 3.15. The molecule has 3 rings (SSSR count). The van der Waals surface area contributed by atoms with Crippen molar-refractivity contribution < 1.29 is 4.74 Å². The number of methoxy groups -OCH3 is 1. The van der Waals surface area contributed by atoms with Crippen molar-refractivity contribution in [3.05, 3.63) is 45.6 Å². The molecule has 0 spiro atoms.